The number of ether oxygens (including phenoxy) is 1. The van der Waals surface area contributed by atoms with Crippen molar-refractivity contribution in [3.63, 3.8) is 0 Å². The van der Waals surface area contributed by atoms with E-state index in [1.807, 2.05) is 31.2 Å². The first-order chi connectivity index (χ1) is 10.7. The molecule has 0 unspecified atom stereocenters. The number of hydrogen-bond acceptors (Lipinski definition) is 4. The van der Waals surface area contributed by atoms with Gasteiger partial charge in [-0.1, -0.05) is 25.5 Å². The van der Waals surface area contributed by atoms with Crippen LogP contribution >= 0.6 is 15.9 Å². The van der Waals surface area contributed by atoms with Crippen molar-refractivity contribution in [1.82, 2.24) is 4.98 Å². The van der Waals surface area contributed by atoms with E-state index in [2.05, 4.69) is 20.9 Å². The molecule has 1 aromatic carbocycles. The van der Waals surface area contributed by atoms with Crippen LogP contribution in [0.2, 0.25) is 0 Å². The molecule has 4 nitrogen and oxygen atoms in total. The molecular weight excluding hydrogens is 346 g/mol. The van der Waals surface area contributed by atoms with Gasteiger partial charge in [-0.05, 0) is 40.5 Å². The lowest BCUT2D eigenvalue weighted by Gasteiger charge is -2.14. The van der Waals surface area contributed by atoms with Crippen LogP contribution < -0.4 is 4.74 Å². The van der Waals surface area contributed by atoms with Gasteiger partial charge in [0.15, 0.2) is 0 Å². The number of phenolic OH excluding ortho intramolecular Hbond substituents is 1. The van der Waals surface area contributed by atoms with Crippen molar-refractivity contribution < 1.29 is 14.6 Å². The Kier molecular flexibility index (Phi) is 5.95. The lowest BCUT2D eigenvalue weighted by Crippen LogP contribution is -2.02. The number of hydrogen-bond donors (Lipinski definition) is 1. The summed E-state index contributed by atoms with van der Waals surface area (Å²) in [6, 6.07) is 9.17. The fourth-order valence-electron chi connectivity index (χ4n) is 2.23. The van der Waals surface area contributed by atoms with Crippen LogP contribution in [0, 0.1) is 0 Å². The Morgan fingerprint density at radius 2 is 2.14 bits per heavy atom. The fourth-order valence-corrected chi connectivity index (χ4v) is 2.61. The van der Waals surface area contributed by atoms with Crippen molar-refractivity contribution in [2.45, 2.75) is 32.8 Å². The van der Waals surface area contributed by atoms with Gasteiger partial charge in [-0.3, -0.25) is 0 Å². The maximum atomic E-state index is 10.7. The normalized spacial score (nSPS) is 10.5. The van der Waals surface area contributed by atoms with Gasteiger partial charge in [0.25, 0.3) is 0 Å². The van der Waals surface area contributed by atoms with Crippen LogP contribution in [0.3, 0.4) is 0 Å². The smallest absolute Gasteiger partial charge is 0.130 e. The summed E-state index contributed by atoms with van der Waals surface area (Å²) in [5, 5.41) is 10.3. The van der Waals surface area contributed by atoms with Crippen LogP contribution in [-0.2, 0) is 24.2 Å². The SMILES string of the molecule is CCCc1c(OCc2cccc(Br)n2)ccc(CC=O)c1O. The second kappa shape index (κ2) is 7.94. The minimum Gasteiger partial charge on any atom is -0.507 e. The van der Waals surface area contributed by atoms with Crippen molar-refractivity contribution in [1.29, 1.82) is 0 Å². The standard InChI is InChI=1S/C17H18BrNO3/c1-2-4-14-15(8-7-12(9-10-20)17(14)21)22-11-13-5-3-6-16(18)19-13/h3,5-8,10,21H,2,4,9,11H2,1H3. The summed E-state index contributed by atoms with van der Waals surface area (Å²) in [6.07, 6.45) is 2.57. The zero-order chi connectivity index (χ0) is 15.9. The highest BCUT2D eigenvalue weighted by atomic mass is 79.9. The van der Waals surface area contributed by atoms with Crippen LogP contribution in [0.1, 0.15) is 30.2 Å². The zero-order valence-corrected chi connectivity index (χ0v) is 14.0. The van der Waals surface area contributed by atoms with Crippen LogP contribution in [-0.4, -0.2) is 16.4 Å². The van der Waals surface area contributed by atoms with E-state index in [-0.39, 0.29) is 12.2 Å². The van der Waals surface area contributed by atoms with E-state index < -0.39 is 0 Å². The van der Waals surface area contributed by atoms with Gasteiger partial charge in [-0.25, -0.2) is 4.98 Å². The molecule has 0 aliphatic heterocycles. The number of nitrogens with zero attached hydrogens (tertiary/aromatic N) is 1. The molecule has 0 radical (unpaired) electrons. The average molecular weight is 364 g/mol. The number of rotatable bonds is 7. The number of aromatic nitrogens is 1. The number of pyridine rings is 1. The third kappa shape index (κ3) is 4.07. The molecule has 0 aliphatic carbocycles. The van der Waals surface area contributed by atoms with Crippen LogP contribution in [0.25, 0.3) is 0 Å². The first-order valence-electron chi connectivity index (χ1n) is 7.17. The Hall–Kier alpha value is -1.88. The molecule has 2 aromatic rings. The molecule has 2 rings (SSSR count). The van der Waals surface area contributed by atoms with Gasteiger partial charge in [0.05, 0.1) is 5.69 Å². The summed E-state index contributed by atoms with van der Waals surface area (Å²) >= 11 is 3.33. The summed E-state index contributed by atoms with van der Waals surface area (Å²) in [7, 11) is 0. The van der Waals surface area contributed by atoms with E-state index in [0.717, 1.165) is 28.6 Å². The Balaban J connectivity index is 2.22. The predicted molar refractivity (Wildman–Crippen MR) is 88.1 cm³/mol. The summed E-state index contributed by atoms with van der Waals surface area (Å²) < 4.78 is 6.57. The Bertz CT molecular complexity index is 658. The molecule has 0 saturated heterocycles. The number of carbonyl (C=O) groups excluding carboxylic acids is 1. The Labute approximate surface area is 138 Å². The van der Waals surface area contributed by atoms with Crippen LogP contribution in [0.4, 0.5) is 0 Å². The molecule has 116 valence electrons. The van der Waals surface area contributed by atoms with E-state index in [9.17, 15) is 9.90 Å². The lowest BCUT2D eigenvalue weighted by atomic mass is 10.0. The van der Waals surface area contributed by atoms with Gasteiger partial charge in [0.1, 0.15) is 29.0 Å². The Morgan fingerprint density at radius 1 is 1.32 bits per heavy atom. The fraction of sp³-hybridized carbons (Fsp3) is 0.294. The molecule has 22 heavy (non-hydrogen) atoms. The second-order valence-corrected chi connectivity index (χ2v) is 5.72. The minimum atomic E-state index is 0.161. The summed E-state index contributed by atoms with van der Waals surface area (Å²) in [6.45, 7) is 2.36. The van der Waals surface area contributed by atoms with E-state index in [0.29, 0.717) is 24.3 Å². The molecule has 1 heterocycles. The summed E-state index contributed by atoms with van der Waals surface area (Å²) in [5.41, 5.74) is 2.18. The number of aromatic hydroxyl groups is 1. The molecule has 1 N–H and O–H groups in total. The molecule has 0 amide bonds. The third-order valence-electron chi connectivity index (χ3n) is 3.27. The maximum absolute atomic E-state index is 10.7. The quantitative estimate of drug-likeness (QED) is 0.599. The van der Waals surface area contributed by atoms with Crippen LogP contribution in [0.5, 0.6) is 11.5 Å². The van der Waals surface area contributed by atoms with Gasteiger partial charge in [0, 0.05) is 17.5 Å². The van der Waals surface area contributed by atoms with E-state index in [4.69, 9.17) is 4.74 Å². The van der Waals surface area contributed by atoms with Gasteiger partial charge in [-0.15, -0.1) is 0 Å². The van der Waals surface area contributed by atoms with Gasteiger partial charge in [0.2, 0.25) is 0 Å². The van der Waals surface area contributed by atoms with Crippen molar-refractivity contribution in [3.05, 3.63) is 51.8 Å². The van der Waals surface area contributed by atoms with Gasteiger partial charge >= 0.3 is 0 Å². The highest BCUT2D eigenvalue weighted by Crippen LogP contribution is 2.33. The number of aldehydes is 1. The largest absolute Gasteiger partial charge is 0.507 e. The molecule has 0 atom stereocenters. The van der Waals surface area contributed by atoms with Crippen molar-refractivity contribution in [2.75, 3.05) is 0 Å². The van der Waals surface area contributed by atoms with E-state index >= 15 is 0 Å². The number of halogens is 1. The minimum absolute atomic E-state index is 0.161. The second-order valence-electron chi connectivity index (χ2n) is 4.91. The highest BCUT2D eigenvalue weighted by molar-refractivity contribution is 9.10. The molecule has 0 spiro atoms. The summed E-state index contributed by atoms with van der Waals surface area (Å²) in [4.78, 5) is 15.0. The topological polar surface area (TPSA) is 59.4 Å². The van der Waals surface area contributed by atoms with Crippen molar-refractivity contribution in [2.24, 2.45) is 0 Å². The lowest BCUT2D eigenvalue weighted by molar-refractivity contribution is -0.107. The van der Waals surface area contributed by atoms with Gasteiger partial charge < -0.3 is 14.6 Å². The Morgan fingerprint density at radius 3 is 2.82 bits per heavy atom. The molecule has 0 bridgehead atoms. The number of carbonyl (C=O) groups is 1. The molecule has 5 heteroatoms. The first kappa shape index (κ1) is 16.5. The summed E-state index contributed by atoms with van der Waals surface area (Å²) in [5.74, 6) is 0.796. The number of phenols is 1. The maximum Gasteiger partial charge on any atom is 0.130 e. The monoisotopic (exact) mass is 363 g/mol. The van der Waals surface area contributed by atoms with Crippen molar-refractivity contribution in [3.8, 4) is 11.5 Å². The first-order valence-corrected chi connectivity index (χ1v) is 7.96. The highest BCUT2D eigenvalue weighted by Gasteiger charge is 2.13. The molecule has 0 saturated carbocycles. The predicted octanol–water partition coefficient (Wildman–Crippen LogP) is 3.82. The van der Waals surface area contributed by atoms with E-state index in [1.165, 1.54) is 0 Å². The van der Waals surface area contributed by atoms with Crippen LogP contribution in [0.15, 0.2) is 34.9 Å². The average Bonchev–Trinajstić information content (AvgIpc) is 2.51. The van der Waals surface area contributed by atoms with Crippen molar-refractivity contribution >= 4 is 22.2 Å². The zero-order valence-electron chi connectivity index (χ0n) is 12.4. The van der Waals surface area contributed by atoms with Gasteiger partial charge in [-0.2, -0.15) is 0 Å². The molecule has 1 aromatic heterocycles. The number of benzene rings is 1. The molecule has 0 aliphatic rings. The molecule has 0 fully saturated rings. The third-order valence-corrected chi connectivity index (χ3v) is 3.72. The van der Waals surface area contributed by atoms with E-state index in [1.54, 1.807) is 6.07 Å². The molecular formula is C17H18BrNO3.